The van der Waals surface area contributed by atoms with Gasteiger partial charge < -0.3 is 14.4 Å². The van der Waals surface area contributed by atoms with Crippen LogP contribution in [-0.2, 0) is 11.3 Å². The molecule has 1 aliphatic rings. The van der Waals surface area contributed by atoms with Crippen LogP contribution in [0.4, 0.5) is 11.4 Å². The third-order valence-corrected chi connectivity index (χ3v) is 3.95. The minimum absolute atomic E-state index is 0.474. The number of benzene rings is 1. The van der Waals surface area contributed by atoms with Crippen molar-refractivity contribution in [3.63, 3.8) is 0 Å². The van der Waals surface area contributed by atoms with Crippen LogP contribution >= 0.6 is 0 Å². The molecule has 0 N–H and O–H groups in total. The molecule has 1 aromatic carbocycles. The van der Waals surface area contributed by atoms with Gasteiger partial charge in [0.05, 0.1) is 35.8 Å². The summed E-state index contributed by atoms with van der Waals surface area (Å²) in [5.74, 6) is 0.143. The van der Waals surface area contributed by atoms with E-state index < -0.39 is 5.79 Å². The first-order chi connectivity index (χ1) is 10.9. The Labute approximate surface area is 136 Å². The molecule has 5 heteroatoms. The summed E-state index contributed by atoms with van der Waals surface area (Å²) in [6, 6.07) is 9.56. The monoisotopic (exact) mass is 309 g/mol. The van der Waals surface area contributed by atoms with E-state index in [2.05, 4.69) is 11.1 Å². The van der Waals surface area contributed by atoms with Crippen LogP contribution in [-0.4, -0.2) is 17.8 Å². The van der Waals surface area contributed by atoms with Crippen molar-refractivity contribution in [3.05, 3.63) is 47.3 Å². The quantitative estimate of drug-likeness (QED) is 0.847. The normalized spacial score (nSPS) is 15.3. The van der Waals surface area contributed by atoms with Crippen LogP contribution < -0.4 is 9.64 Å². The average Bonchev–Trinajstić information content (AvgIpc) is 2.54. The smallest absolute Gasteiger partial charge is 0.205 e. The van der Waals surface area contributed by atoms with E-state index in [0.717, 1.165) is 28.4 Å². The Morgan fingerprint density at radius 2 is 1.96 bits per heavy atom. The summed E-state index contributed by atoms with van der Waals surface area (Å²) in [5, 5.41) is 8.92. The van der Waals surface area contributed by atoms with Crippen molar-refractivity contribution in [2.75, 3.05) is 11.9 Å². The van der Waals surface area contributed by atoms with E-state index in [-0.39, 0.29) is 0 Å². The highest BCUT2D eigenvalue weighted by Crippen LogP contribution is 2.40. The Hall–Kier alpha value is -2.58. The molecular weight excluding hydrogens is 290 g/mol. The summed E-state index contributed by atoms with van der Waals surface area (Å²) < 4.78 is 11.7. The molecule has 0 bridgehead atoms. The number of aryl methyl sites for hydroxylation is 1. The van der Waals surface area contributed by atoms with Crippen LogP contribution in [0.15, 0.2) is 30.5 Å². The molecule has 0 unspecified atom stereocenters. The molecule has 1 aromatic heterocycles. The van der Waals surface area contributed by atoms with Gasteiger partial charge in [-0.05, 0) is 31.2 Å². The molecule has 0 saturated heterocycles. The van der Waals surface area contributed by atoms with Crippen LogP contribution in [0.5, 0.6) is 5.75 Å². The Balaban J connectivity index is 2.02. The molecule has 23 heavy (non-hydrogen) atoms. The lowest BCUT2D eigenvalue weighted by molar-refractivity contribution is -0.180. The minimum Gasteiger partial charge on any atom is -0.461 e. The lowest BCUT2D eigenvalue weighted by Gasteiger charge is -2.35. The molecule has 0 aliphatic carbocycles. The zero-order valence-corrected chi connectivity index (χ0v) is 13.8. The summed E-state index contributed by atoms with van der Waals surface area (Å²) >= 11 is 0. The van der Waals surface area contributed by atoms with Gasteiger partial charge in [-0.3, -0.25) is 4.98 Å². The number of aromatic nitrogens is 1. The predicted molar refractivity (Wildman–Crippen MR) is 87.7 cm³/mol. The second kappa shape index (κ2) is 5.56. The molecule has 3 rings (SSSR count). The number of nitriles is 1. The maximum atomic E-state index is 8.92. The summed E-state index contributed by atoms with van der Waals surface area (Å²) in [4.78, 5) is 6.49. The molecule has 0 spiro atoms. The van der Waals surface area contributed by atoms with E-state index in [0.29, 0.717) is 12.2 Å². The molecule has 5 nitrogen and oxygen atoms in total. The van der Waals surface area contributed by atoms with E-state index in [1.165, 1.54) is 0 Å². The Morgan fingerprint density at radius 3 is 2.61 bits per heavy atom. The topological polar surface area (TPSA) is 58.4 Å². The largest absolute Gasteiger partial charge is 0.461 e. The Bertz CT molecular complexity index is 776. The molecule has 2 aromatic rings. The van der Waals surface area contributed by atoms with Gasteiger partial charge in [-0.1, -0.05) is 0 Å². The van der Waals surface area contributed by atoms with Gasteiger partial charge in [0.2, 0.25) is 5.79 Å². The second-order valence-corrected chi connectivity index (χ2v) is 6.04. The zero-order valence-electron chi connectivity index (χ0n) is 13.8. The first kappa shape index (κ1) is 15.3. The van der Waals surface area contributed by atoms with Crippen molar-refractivity contribution < 1.29 is 9.47 Å². The van der Waals surface area contributed by atoms with E-state index in [9.17, 15) is 0 Å². The van der Waals surface area contributed by atoms with Crippen LogP contribution in [0.2, 0.25) is 0 Å². The first-order valence-corrected chi connectivity index (χ1v) is 7.46. The Morgan fingerprint density at radius 1 is 1.26 bits per heavy atom. The fourth-order valence-corrected chi connectivity index (χ4v) is 2.61. The fourth-order valence-electron chi connectivity index (χ4n) is 2.61. The maximum Gasteiger partial charge on any atom is 0.205 e. The number of hydrogen-bond donors (Lipinski definition) is 0. The van der Waals surface area contributed by atoms with Gasteiger partial charge in [0, 0.05) is 32.1 Å². The molecule has 0 saturated carbocycles. The van der Waals surface area contributed by atoms with Crippen molar-refractivity contribution in [1.29, 1.82) is 5.26 Å². The van der Waals surface area contributed by atoms with Crippen LogP contribution in [0, 0.1) is 18.3 Å². The zero-order chi connectivity index (χ0) is 16.6. The molecule has 0 amide bonds. The summed E-state index contributed by atoms with van der Waals surface area (Å²) in [6.07, 6.45) is 1.83. The summed E-state index contributed by atoms with van der Waals surface area (Å²) in [7, 11) is 1.97. The molecule has 0 fully saturated rings. The Kier molecular flexibility index (Phi) is 3.70. The molecule has 118 valence electrons. The van der Waals surface area contributed by atoms with Crippen molar-refractivity contribution >= 4 is 11.4 Å². The van der Waals surface area contributed by atoms with Gasteiger partial charge in [-0.15, -0.1) is 0 Å². The summed E-state index contributed by atoms with van der Waals surface area (Å²) in [6.45, 7) is 6.20. The number of ether oxygens (including phenoxy) is 2. The van der Waals surface area contributed by atoms with Gasteiger partial charge >= 0.3 is 0 Å². The second-order valence-electron chi connectivity index (χ2n) is 6.04. The number of rotatable bonds is 2. The lowest BCUT2D eigenvalue weighted by atomic mass is 10.1. The van der Waals surface area contributed by atoms with Gasteiger partial charge in [0.15, 0.2) is 5.75 Å². The van der Waals surface area contributed by atoms with Crippen molar-refractivity contribution in [2.24, 2.45) is 0 Å². The van der Waals surface area contributed by atoms with Crippen LogP contribution in [0.3, 0.4) is 0 Å². The van der Waals surface area contributed by atoms with E-state index in [1.54, 1.807) is 12.1 Å². The lowest BCUT2D eigenvalue weighted by Crippen LogP contribution is -2.36. The predicted octanol–water partition coefficient (Wildman–Crippen LogP) is 3.67. The molecule has 0 radical (unpaired) electrons. The molecule has 0 atom stereocenters. The summed E-state index contributed by atoms with van der Waals surface area (Å²) in [5.41, 5.74) is 4.39. The highest BCUT2D eigenvalue weighted by molar-refractivity contribution is 5.68. The average molecular weight is 309 g/mol. The number of anilines is 2. The third-order valence-electron chi connectivity index (χ3n) is 3.95. The highest BCUT2D eigenvalue weighted by atomic mass is 16.7. The molecule has 2 heterocycles. The minimum atomic E-state index is -0.648. The van der Waals surface area contributed by atoms with Crippen LogP contribution in [0.1, 0.15) is 30.7 Å². The molecule has 1 aliphatic heterocycles. The van der Waals surface area contributed by atoms with Gasteiger partial charge in [-0.2, -0.15) is 5.26 Å². The van der Waals surface area contributed by atoms with Crippen molar-refractivity contribution in [1.82, 2.24) is 4.98 Å². The van der Waals surface area contributed by atoms with Crippen molar-refractivity contribution in [3.8, 4) is 11.8 Å². The highest BCUT2D eigenvalue weighted by Gasteiger charge is 2.31. The third kappa shape index (κ3) is 2.86. The van der Waals surface area contributed by atoms with Gasteiger partial charge in [0.25, 0.3) is 0 Å². The maximum absolute atomic E-state index is 8.92. The number of nitrogens with zero attached hydrogens (tertiary/aromatic N) is 3. The molecular formula is C18H19N3O2. The SMILES string of the molecule is Cc1ncc(N(C)c2ccc(C#N)cc2)c2c1OC(C)(C)OC2. The number of fused-ring (bicyclic) bond motifs is 1. The van der Waals surface area contributed by atoms with Gasteiger partial charge in [-0.25, -0.2) is 0 Å². The first-order valence-electron chi connectivity index (χ1n) is 7.46. The van der Waals surface area contributed by atoms with E-state index in [4.69, 9.17) is 14.7 Å². The van der Waals surface area contributed by atoms with E-state index in [1.807, 2.05) is 51.0 Å². The number of pyridine rings is 1. The number of hydrogen-bond acceptors (Lipinski definition) is 5. The van der Waals surface area contributed by atoms with Crippen LogP contribution in [0.25, 0.3) is 0 Å². The van der Waals surface area contributed by atoms with Gasteiger partial charge in [0.1, 0.15) is 0 Å². The fraction of sp³-hybridized carbons (Fsp3) is 0.333. The standard InChI is InChI=1S/C18H19N3O2/c1-12-17-15(11-22-18(2,3)23-17)16(10-20-12)21(4)14-7-5-13(9-19)6-8-14/h5-8,10H,11H2,1-4H3. The van der Waals surface area contributed by atoms with E-state index >= 15 is 0 Å². The van der Waals surface area contributed by atoms with Crippen molar-refractivity contribution in [2.45, 2.75) is 33.2 Å².